The molecule has 0 saturated heterocycles. The van der Waals surface area contributed by atoms with E-state index in [1.165, 1.54) is 180 Å². The van der Waals surface area contributed by atoms with Crippen molar-refractivity contribution in [2.24, 2.45) is 0 Å². The molecule has 0 aromatic heterocycles. The Morgan fingerprint density at radius 1 is 0.256 bits per heavy atom. The fraction of sp³-hybridized carbons (Fsp3) is 0.724. The lowest BCUT2D eigenvalue weighted by atomic mass is 10.0. The Hall–Kier alpha value is -3.93. The van der Waals surface area contributed by atoms with Gasteiger partial charge in [-0.1, -0.05) is 297 Å². The monoisotopic (exact) mass is 1140 g/mol. The SMILES string of the molecule is CC/C=C\C/C=C\C/C=C\C/C=C\C/C=C\CCCCCCCCCC(=O)OCC(COC(=O)CCCCCCCCC/C=C\C/C=C\CCCCCC)OC(=O)CCCCCCCCCCCCC/C=C\C/C=C\CCCCCCC. The van der Waals surface area contributed by atoms with E-state index in [0.717, 1.165) is 116 Å². The first kappa shape index (κ1) is 78.1. The van der Waals surface area contributed by atoms with E-state index in [0.29, 0.717) is 19.3 Å². The van der Waals surface area contributed by atoms with Crippen LogP contribution in [0.1, 0.15) is 335 Å². The van der Waals surface area contributed by atoms with Gasteiger partial charge in [0.2, 0.25) is 0 Å². The van der Waals surface area contributed by atoms with Gasteiger partial charge in [0.05, 0.1) is 0 Å². The van der Waals surface area contributed by atoms with Crippen LogP contribution in [0.4, 0.5) is 0 Å². The highest BCUT2D eigenvalue weighted by Crippen LogP contribution is 2.16. The van der Waals surface area contributed by atoms with E-state index in [1.54, 1.807) is 0 Å². The number of hydrogen-bond donors (Lipinski definition) is 0. The fourth-order valence-corrected chi connectivity index (χ4v) is 9.77. The molecule has 0 spiro atoms. The summed E-state index contributed by atoms with van der Waals surface area (Å²) in [5.74, 6) is -0.894. The van der Waals surface area contributed by atoms with E-state index in [4.69, 9.17) is 14.2 Å². The molecule has 0 heterocycles. The van der Waals surface area contributed by atoms with E-state index in [2.05, 4.69) is 130 Å². The summed E-state index contributed by atoms with van der Waals surface area (Å²) in [6, 6.07) is 0. The Labute approximate surface area is 508 Å². The highest BCUT2D eigenvalue weighted by Gasteiger charge is 2.19. The van der Waals surface area contributed by atoms with Crippen molar-refractivity contribution < 1.29 is 28.6 Å². The van der Waals surface area contributed by atoms with E-state index in [1.807, 2.05) is 0 Å². The zero-order valence-corrected chi connectivity index (χ0v) is 54.0. The molecule has 1 unspecified atom stereocenters. The number of ether oxygens (including phenoxy) is 3. The van der Waals surface area contributed by atoms with Crippen LogP contribution < -0.4 is 0 Å². The normalized spacial score (nSPS) is 12.8. The first-order chi connectivity index (χ1) is 40.5. The van der Waals surface area contributed by atoms with Gasteiger partial charge in [-0.25, -0.2) is 0 Å². The number of allylic oxidation sites excluding steroid dienone is 18. The average Bonchev–Trinajstić information content (AvgIpc) is 3.47. The molecule has 0 aromatic carbocycles. The number of esters is 3. The van der Waals surface area contributed by atoms with Crippen LogP contribution in [0.5, 0.6) is 0 Å². The summed E-state index contributed by atoms with van der Waals surface area (Å²) in [7, 11) is 0. The van der Waals surface area contributed by atoms with Gasteiger partial charge in [0.25, 0.3) is 0 Å². The molecule has 0 aliphatic carbocycles. The van der Waals surface area contributed by atoms with Crippen molar-refractivity contribution >= 4 is 17.9 Å². The largest absolute Gasteiger partial charge is 0.462 e. The zero-order chi connectivity index (χ0) is 59.2. The van der Waals surface area contributed by atoms with Crippen molar-refractivity contribution in [2.75, 3.05) is 13.2 Å². The maximum absolute atomic E-state index is 13.0. The fourth-order valence-electron chi connectivity index (χ4n) is 9.77. The third-order valence-corrected chi connectivity index (χ3v) is 15.0. The van der Waals surface area contributed by atoms with Crippen LogP contribution in [0.25, 0.3) is 0 Å². The van der Waals surface area contributed by atoms with Gasteiger partial charge in [0, 0.05) is 19.3 Å². The Bertz CT molecular complexity index is 1640. The summed E-state index contributed by atoms with van der Waals surface area (Å²) in [6.07, 6.45) is 95.2. The minimum absolute atomic E-state index is 0.0863. The second-order valence-electron chi connectivity index (χ2n) is 23.1. The Kier molecular flexibility index (Phi) is 66.2. The van der Waals surface area contributed by atoms with Gasteiger partial charge in [-0.2, -0.15) is 0 Å². The summed E-state index contributed by atoms with van der Waals surface area (Å²) in [4.78, 5) is 38.5. The molecule has 6 heteroatoms. The highest BCUT2D eigenvalue weighted by molar-refractivity contribution is 5.71. The first-order valence-electron chi connectivity index (χ1n) is 34.9. The summed E-state index contributed by atoms with van der Waals surface area (Å²) < 4.78 is 17.0. The molecule has 0 radical (unpaired) electrons. The Morgan fingerprint density at radius 3 is 0.756 bits per heavy atom. The molecular formula is C76H130O6. The minimum atomic E-state index is -0.792. The van der Waals surface area contributed by atoms with E-state index in [9.17, 15) is 14.4 Å². The second kappa shape index (κ2) is 69.6. The lowest BCUT2D eigenvalue weighted by molar-refractivity contribution is -0.167. The molecule has 0 rings (SSSR count). The maximum atomic E-state index is 13.0. The average molecular weight is 1140 g/mol. The van der Waals surface area contributed by atoms with Crippen LogP contribution in [0.3, 0.4) is 0 Å². The predicted octanol–water partition coefficient (Wildman–Crippen LogP) is 24.2. The van der Waals surface area contributed by atoms with Crippen LogP contribution in [-0.4, -0.2) is 37.2 Å². The van der Waals surface area contributed by atoms with Crippen LogP contribution in [0.15, 0.2) is 109 Å². The summed E-state index contributed by atoms with van der Waals surface area (Å²) in [5.41, 5.74) is 0. The molecule has 0 N–H and O–H groups in total. The standard InChI is InChI=1S/C76H130O6/c1-4-7-10-13-16-19-22-25-28-31-34-36-38-40-42-45-48-51-54-57-60-63-66-69-75(78)81-72-73(71-80-74(77)68-65-62-59-56-53-50-47-44-33-30-27-24-21-18-15-12-9-6-3)82-76(79)70-67-64-61-58-55-52-49-46-43-41-39-37-35-32-29-26-23-20-17-14-11-8-5-2/h7,10,16,19,21,23-26,28,30,32-36,40,42,73H,4-6,8-9,11-15,17-18,20,22,27,29,31,37-39,41,43-72H2,1-3H3/b10-7-,19-16-,24-21-,26-23-,28-25-,33-30-,35-32-,36-34-,42-40-. The van der Waals surface area contributed by atoms with Crippen molar-refractivity contribution in [3.63, 3.8) is 0 Å². The molecule has 0 aromatic rings. The lowest BCUT2D eigenvalue weighted by Gasteiger charge is -2.18. The Morgan fingerprint density at radius 2 is 0.476 bits per heavy atom. The molecule has 470 valence electrons. The van der Waals surface area contributed by atoms with Crippen LogP contribution in [0.2, 0.25) is 0 Å². The lowest BCUT2D eigenvalue weighted by Crippen LogP contribution is -2.30. The summed E-state index contributed by atoms with van der Waals surface area (Å²) >= 11 is 0. The quantitative estimate of drug-likeness (QED) is 0.0261. The molecular weight excluding hydrogens is 1010 g/mol. The number of rotatable bonds is 63. The van der Waals surface area contributed by atoms with Crippen molar-refractivity contribution in [1.29, 1.82) is 0 Å². The molecule has 0 fully saturated rings. The van der Waals surface area contributed by atoms with Crippen molar-refractivity contribution in [1.82, 2.24) is 0 Å². The number of carbonyl (C=O) groups is 3. The van der Waals surface area contributed by atoms with Crippen LogP contribution in [0, 0.1) is 0 Å². The highest BCUT2D eigenvalue weighted by atomic mass is 16.6. The topological polar surface area (TPSA) is 78.9 Å². The molecule has 0 amide bonds. The van der Waals surface area contributed by atoms with E-state index >= 15 is 0 Å². The maximum Gasteiger partial charge on any atom is 0.306 e. The van der Waals surface area contributed by atoms with Crippen molar-refractivity contribution in [3.8, 4) is 0 Å². The van der Waals surface area contributed by atoms with Gasteiger partial charge in [0.15, 0.2) is 6.10 Å². The molecule has 0 saturated carbocycles. The third kappa shape index (κ3) is 66.9. The predicted molar refractivity (Wildman–Crippen MR) is 357 cm³/mol. The van der Waals surface area contributed by atoms with E-state index in [-0.39, 0.29) is 31.1 Å². The molecule has 82 heavy (non-hydrogen) atoms. The molecule has 6 nitrogen and oxygen atoms in total. The second-order valence-corrected chi connectivity index (χ2v) is 23.1. The minimum Gasteiger partial charge on any atom is -0.462 e. The summed E-state index contributed by atoms with van der Waals surface area (Å²) in [5, 5.41) is 0. The summed E-state index contributed by atoms with van der Waals surface area (Å²) in [6.45, 7) is 6.52. The van der Waals surface area contributed by atoms with E-state index < -0.39 is 6.10 Å². The number of unbranched alkanes of at least 4 members (excludes halogenated alkanes) is 34. The smallest absolute Gasteiger partial charge is 0.306 e. The van der Waals surface area contributed by atoms with Crippen LogP contribution in [-0.2, 0) is 28.6 Å². The zero-order valence-electron chi connectivity index (χ0n) is 54.0. The first-order valence-corrected chi connectivity index (χ1v) is 34.9. The van der Waals surface area contributed by atoms with Gasteiger partial charge in [-0.15, -0.1) is 0 Å². The molecule has 0 bridgehead atoms. The van der Waals surface area contributed by atoms with Crippen molar-refractivity contribution in [3.05, 3.63) is 109 Å². The van der Waals surface area contributed by atoms with Gasteiger partial charge >= 0.3 is 17.9 Å². The van der Waals surface area contributed by atoms with Crippen LogP contribution >= 0.6 is 0 Å². The van der Waals surface area contributed by atoms with Gasteiger partial charge in [0.1, 0.15) is 13.2 Å². The Balaban J connectivity index is 4.41. The van der Waals surface area contributed by atoms with Gasteiger partial charge in [-0.05, 0) is 128 Å². The molecule has 1 atom stereocenters. The van der Waals surface area contributed by atoms with Gasteiger partial charge < -0.3 is 14.2 Å². The number of carbonyl (C=O) groups excluding carboxylic acids is 3. The third-order valence-electron chi connectivity index (χ3n) is 15.0. The molecule has 0 aliphatic heterocycles. The number of hydrogen-bond acceptors (Lipinski definition) is 6. The van der Waals surface area contributed by atoms with Crippen molar-refractivity contribution in [2.45, 2.75) is 341 Å². The van der Waals surface area contributed by atoms with Gasteiger partial charge in [-0.3, -0.25) is 14.4 Å². The molecule has 0 aliphatic rings.